The summed E-state index contributed by atoms with van der Waals surface area (Å²) >= 11 is 9.01. The van der Waals surface area contributed by atoms with Gasteiger partial charge in [0, 0.05) is 11.3 Å². The molecule has 0 amide bonds. The van der Waals surface area contributed by atoms with E-state index < -0.39 is 0 Å². The lowest BCUT2D eigenvalue weighted by Crippen LogP contribution is -2.10. The van der Waals surface area contributed by atoms with Gasteiger partial charge in [-0.15, -0.1) is 0 Å². The van der Waals surface area contributed by atoms with Gasteiger partial charge in [0.15, 0.2) is 0 Å². The van der Waals surface area contributed by atoms with Crippen molar-refractivity contribution in [1.29, 1.82) is 0 Å². The minimum absolute atomic E-state index is 0.430. The van der Waals surface area contributed by atoms with Crippen LogP contribution in [0, 0.1) is 0 Å². The van der Waals surface area contributed by atoms with Crippen LogP contribution in [0.1, 0.15) is 11.1 Å². The molecule has 0 saturated heterocycles. The van der Waals surface area contributed by atoms with E-state index in [9.17, 15) is 0 Å². The van der Waals surface area contributed by atoms with Crippen molar-refractivity contribution in [3.8, 4) is 0 Å². The lowest BCUT2D eigenvalue weighted by molar-refractivity contribution is 1.58. The summed E-state index contributed by atoms with van der Waals surface area (Å²) in [5, 5.41) is 0. The van der Waals surface area contributed by atoms with Crippen LogP contribution < -0.4 is 5.73 Å². The molecule has 0 spiro atoms. The highest BCUT2D eigenvalue weighted by atomic mass is 32.1. The molecule has 0 bridgehead atoms. The number of hydrogen-bond acceptors (Lipinski definition) is 2. The fourth-order valence-electron chi connectivity index (χ4n) is 1.05. The third kappa shape index (κ3) is 2.86. The van der Waals surface area contributed by atoms with Gasteiger partial charge < -0.3 is 5.73 Å². The van der Waals surface area contributed by atoms with Crippen molar-refractivity contribution < 1.29 is 0 Å². The second-order valence-electron chi connectivity index (χ2n) is 2.54. The summed E-state index contributed by atoms with van der Waals surface area (Å²) < 4.78 is 0. The fraction of sp³-hybridized carbons (Fsp3) is 0.100. The number of rotatable bonds is 3. The van der Waals surface area contributed by atoms with Gasteiger partial charge in [-0.1, -0.05) is 48.6 Å². The van der Waals surface area contributed by atoms with Gasteiger partial charge in [0.1, 0.15) is 4.99 Å². The summed E-state index contributed by atoms with van der Waals surface area (Å²) in [5.74, 6) is 0.714. The molecule has 13 heavy (non-hydrogen) atoms. The van der Waals surface area contributed by atoms with E-state index in [0.717, 1.165) is 11.1 Å². The predicted molar refractivity (Wildman–Crippen MR) is 65.2 cm³/mol. The molecule has 0 saturated carbocycles. The van der Waals surface area contributed by atoms with Gasteiger partial charge in [0.25, 0.3) is 0 Å². The van der Waals surface area contributed by atoms with Gasteiger partial charge in [-0.2, -0.15) is 12.6 Å². The Morgan fingerprint density at radius 3 is 2.77 bits per heavy atom. The standard InChI is InChI=1S/C10H11NS2/c11-10(13)9-6-2-1-4-8(9)5-3-7-12/h1-6,12H,7H2,(H2,11,13). The maximum Gasteiger partial charge on any atom is 0.104 e. The molecule has 0 aliphatic carbocycles. The monoisotopic (exact) mass is 209 g/mol. The van der Waals surface area contributed by atoms with Crippen LogP contribution in [0.5, 0.6) is 0 Å². The molecule has 2 N–H and O–H groups in total. The number of thiocarbonyl (C=S) groups is 1. The molecule has 0 heterocycles. The molecular weight excluding hydrogens is 198 g/mol. The Kier molecular flexibility index (Phi) is 3.99. The molecule has 0 aliphatic rings. The Morgan fingerprint density at radius 2 is 2.15 bits per heavy atom. The first-order valence-electron chi connectivity index (χ1n) is 3.92. The summed E-state index contributed by atoms with van der Waals surface area (Å²) in [6.07, 6.45) is 3.93. The molecule has 1 nitrogen and oxygen atoms in total. The molecule has 1 rings (SSSR count). The van der Waals surface area contributed by atoms with Crippen LogP contribution >= 0.6 is 24.8 Å². The van der Waals surface area contributed by atoms with Crippen LogP contribution in [-0.4, -0.2) is 10.7 Å². The lowest BCUT2D eigenvalue weighted by Gasteiger charge is -2.02. The van der Waals surface area contributed by atoms with Crippen LogP contribution in [0.15, 0.2) is 30.3 Å². The summed E-state index contributed by atoms with van der Waals surface area (Å²) in [7, 11) is 0. The molecule has 0 atom stereocenters. The van der Waals surface area contributed by atoms with Gasteiger partial charge in [0.2, 0.25) is 0 Å². The molecule has 0 fully saturated rings. The average Bonchev–Trinajstić information content (AvgIpc) is 2.15. The largest absolute Gasteiger partial charge is 0.389 e. The zero-order valence-corrected chi connectivity index (χ0v) is 8.81. The first-order chi connectivity index (χ1) is 6.25. The number of nitrogens with two attached hydrogens (primary N) is 1. The highest BCUT2D eigenvalue weighted by Gasteiger charge is 1.99. The highest BCUT2D eigenvalue weighted by molar-refractivity contribution is 7.80. The quantitative estimate of drug-likeness (QED) is 0.590. The second-order valence-corrected chi connectivity index (χ2v) is 3.34. The molecule has 0 unspecified atom stereocenters. The third-order valence-electron chi connectivity index (χ3n) is 1.63. The maximum absolute atomic E-state index is 5.56. The van der Waals surface area contributed by atoms with Gasteiger partial charge >= 0.3 is 0 Å². The van der Waals surface area contributed by atoms with Crippen LogP contribution in [0.3, 0.4) is 0 Å². The number of hydrogen-bond donors (Lipinski definition) is 2. The second kappa shape index (κ2) is 5.04. The van der Waals surface area contributed by atoms with Crippen molar-refractivity contribution in [2.75, 3.05) is 5.75 Å². The van der Waals surface area contributed by atoms with Gasteiger partial charge in [0.05, 0.1) is 0 Å². The molecule has 0 radical (unpaired) electrons. The van der Waals surface area contributed by atoms with E-state index in [1.807, 2.05) is 36.4 Å². The Hall–Kier alpha value is -0.800. The first kappa shape index (κ1) is 10.3. The zero-order chi connectivity index (χ0) is 9.68. The van der Waals surface area contributed by atoms with E-state index in [4.69, 9.17) is 18.0 Å². The Morgan fingerprint density at radius 1 is 1.46 bits per heavy atom. The van der Waals surface area contributed by atoms with Gasteiger partial charge in [-0.25, -0.2) is 0 Å². The minimum Gasteiger partial charge on any atom is -0.389 e. The Labute approximate surface area is 89.1 Å². The SMILES string of the molecule is NC(=S)c1ccccc1C=CCS. The van der Waals surface area contributed by atoms with Crippen LogP contribution in [0.4, 0.5) is 0 Å². The Bertz CT molecular complexity index is 331. The van der Waals surface area contributed by atoms with Crippen molar-refractivity contribution >= 4 is 35.9 Å². The van der Waals surface area contributed by atoms with E-state index >= 15 is 0 Å². The van der Waals surface area contributed by atoms with E-state index in [-0.39, 0.29) is 0 Å². The predicted octanol–water partition coefficient (Wildman–Crippen LogP) is 2.26. The van der Waals surface area contributed by atoms with Crippen LogP contribution in [-0.2, 0) is 0 Å². The van der Waals surface area contributed by atoms with E-state index in [1.54, 1.807) is 0 Å². The molecule has 0 aromatic heterocycles. The summed E-state index contributed by atoms with van der Waals surface area (Å²) in [4.78, 5) is 0.430. The van der Waals surface area contributed by atoms with Crippen molar-refractivity contribution in [2.24, 2.45) is 5.73 Å². The fourth-order valence-corrected chi connectivity index (χ4v) is 1.34. The van der Waals surface area contributed by atoms with Crippen molar-refractivity contribution in [3.05, 3.63) is 41.5 Å². The molecule has 68 valence electrons. The topological polar surface area (TPSA) is 26.0 Å². The average molecular weight is 209 g/mol. The van der Waals surface area contributed by atoms with Crippen LogP contribution in [0.2, 0.25) is 0 Å². The molecule has 1 aromatic carbocycles. The maximum atomic E-state index is 5.56. The molecule has 1 aromatic rings. The smallest absolute Gasteiger partial charge is 0.104 e. The summed E-state index contributed by atoms with van der Waals surface area (Å²) in [6, 6.07) is 7.78. The Balaban J connectivity index is 3.05. The van der Waals surface area contributed by atoms with Crippen LogP contribution in [0.25, 0.3) is 6.08 Å². The minimum atomic E-state index is 0.430. The van der Waals surface area contributed by atoms with E-state index in [1.165, 1.54) is 0 Å². The van der Waals surface area contributed by atoms with Gasteiger partial charge in [-0.05, 0) is 5.56 Å². The van der Waals surface area contributed by atoms with E-state index in [0.29, 0.717) is 10.7 Å². The van der Waals surface area contributed by atoms with Crippen molar-refractivity contribution in [2.45, 2.75) is 0 Å². The molecular formula is C10H11NS2. The van der Waals surface area contributed by atoms with Gasteiger partial charge in [-0.3, -0.25) is 0 Å². The van der Waals surface area contributed by atoms with Crippen molar-refractivity contribution in [3.63, 3.8) is 0 Å². The molecule has 3 heteroatoms. The normalized spacial score (nSPS) is 10.5. The third-order valence-corrected chi connectivity index (χ3v) is 2.06. The summed E-state index contributed by atoms with van der Waals surface area (Å²) in [5.41, 5.74) is 7.52. The number of benzene rings is 1. The highest BCUT2D eigenvalue weighted by Crippen LogP contribution is 2.10. The van der Waals surface area contributed by atoms with E-state index in [2.05, 4.69) is 12.6 Å². The lowest BCUT2D eigenvalue weighted by atomic mass is 10.1. The first-order valence-corrected chi connectivity index (χ1v) is 4.96. The zero-order valence-electron chi connectivity index (χ0n) is 7.10. The summed E-state index contributed by atoms with van der Waals surface area (Å²) in [6.45, 7) is 0. The van der Waals surface area contributed by atoms with Crippen molar-refractivity contribution in [1.82, 2.24) is 0 Å². The molecule has 0 aliphatic heterocycles. The number of thiol groups is 1.